The second-order valence-corrected chi connectivity index (χ2v) is 9.08. The summed E-state index contributed by atoms with van der Waals surface area (Å²) in [5.74, 6) is 1.19. The molecule has 1 aromatic carbocycles. The normalized spacial score (nSPS) is 16.1. The van der Waals surface area contributed by atoms with Gasteiger partial charge >= 0.3 is 0 Å². The third-order valence-electron chi connectivity index (χ3n) is 5.04. The number of rotatable bonds is 8. The number of fused-ring (bicyclic) bond motifs is 1. The zero-order valence-corrected chi connectivity index (χ0v) is 18.3. The summed E-state index contributed by atoms with van der Waals surface area (Å²) in [5, 5.41) is 11.7. The highest BCUT2D eigenvalue weighted by Gasteiger charge is 2.20. The molecule has 166 valence electrons. The van der Waals surface area contributed by atoms with Gasteiger partial charge in [-0.2, -0.15) is 0 Å². The quantitative estimate of drug-likeness (QED) is 0.445. The van der Waals surface area contributed by atoms with Crippen molar-refractivity contribution < 1.29 is 13.2 Å². The number of sulfonamides is 1. The van der Waals surface area contributed by atoms with Crippen LogP contribution in [-0.4, -0.2) is 48.9 Å². The van der Waals surface area contributed by atoms with Crippen molar-refractivity contribution in [3.05, 3.63) is 66.7 Å². The maximum atomic E-state index is 11.5. The van der Waals surface area contributed by atoms with Gasteiger partial charge in [-0.25, -0.2) is 28.5 Å². The van der Waals surface area contributed by atoms with Crippen molar-refractivity contribution in [3.63, 3.8) is 0 Å². The Labute approximate surface area is 186 Å². The van der Waals surface area contributed by atoms with Crippen LogP contribution in [0.25, 0.3) is 22.0 Å². The van der Waals surface area contributed by atoms with Crippen LogP contribution in [0.5, 0.6) is 0 Å². The van der Waals surface area contributed by atoms with Crippen LogP contribution in [-0.2, 0) is 14.8 Å². The third-order valence-corrected chi connectivity index (χ3v) is 6.23. The molecule has 9 nitrogen and oxygen atoms in total. The number of para-hydroxylation sites is 1. The number of hydrogen-bond acceptors (Lipinski definition) is 8. The number of aromatic nitrogens is 3. The Balaban J connectivity index is 1.56. The second-order valence-electron chi connectivity index (χ2n) is 7.30. The Bertz CT molecular complexity index is 1270. The SMILES string of the molecule is COCCNc1ccc(-c2cccc3cnc(NC4=CCC(S(N)(=O)=O)C=C4)nc23)cn1. The first-order valence-electron chi connectivity index (χ1n) is 10.1. The zero-order chi connectivity index (χ0) is 22.6. The van der Waals surface area contributed by atoms with E-state index in [2.05, 4.69) is 20.6 Å². The van der Waals surface area contributed by atoms with Crippen LogP contribution < -0.4 is 15.8 Å². The maximum absolute atomic E-state index is 11.5. The van der Waals surface area contributed by atoms with Gasteiger partial charge in [0.1, 0.15) is 5.82 Å². The van der Waals surface area contributed by atoms with Crippen molar-refractivity contribution >= 4 is 32.7 Å². The van der Waals surface area contributed by atoms with Crippen LogP contribution in [0.3, 0.4) is 0 Å². The molecular weight excluding hydrogens is 428 g/mol. The molecule has 1 aliphatic carbocycles. The Morgan fingerprint density at radius 2 is 2.06 bits per heavy atom. The average molecular weight is 453 g/mol. The fourth-order valence-electron chi connectivity index (χ4n) is 3.35. The van der Waals surface area contributed by atoms with Crippen molar-refractivity contribution in [2.75, 3.05) is 30.9 Å². The van der Waals surface area contributed by atoms with Crippen LogP contribution in [0.1, 0.15) is 6.42 Å². The number of nitrogens with two attached hydrogens (primary N) is 1. The summed E-state index contributed by atoms with van der Waals surface area (Å²) in [6, 6.07) is 9.81. The summed E-state index contributed by atoms with van der Waals surface area (Å²) in [7, 11) is -1.95. The van der Waals surface area contributed by atoms with Crippen molar-refractivity contribution in [1.82, 2.24) is 15.0 Å². The third kappa shape index (κ3) is 5.10. The van der Waals surface area contributed by atoms with Gasteiger partial charge in [-0.15, -0.1) is 0 Å². The molecule has 0 amide bonds. The molecule has 4 N–H and O–H groups in total. The van der Waals surface area contributed by atoms with Crippen molar-refractivity contribution in [2.24, 2.45) is 5.14 Å². The van der Waals surface area contributed by atoms with E-state index >= 15 is 0 Å². The fourth-order valence-corrected chi connectivity index (χ4v) is 4.02. The number of benzene rings is 1. The number of pyridine rings is 1. The zero-order valence-electron chi connectivity index (χ0n) is 17.5. The van der Waals surface area contributed by atoms with Gasteiger partial charge in [0, 0.05) is 48.3 Å². The molecule has 0 radical (unpaired) electrons. The van der Waals surface area contributed by atoms with Gasteiger partial charge in [-0.3, -0.25) is 0 Å². The highest BCUT2D eigenvalue weighted by molar-refractivity contribution is 7.89. The number of primary sulfonamides is 1. The van der Waals surface area contributed by atoms with Crippen molar-refractivity contribution in [1.29, 1.82) is 0 Å². The predicted molar refractivity (Wildman–Crippen MR) is 125 cm³/mol. The highest BCUT2D eigenvalue weighted by Crippen LogP contribution is 2.28. The van der Waals surface area contributed by atoms with E-state index in [1.807, 2.05) is 30.3 Å². The standard InChI is InChI=1S/C22H24N6O3S/c1-31-12-11-24-20-10-5-15(13-25-20)19-4-2-3-16-14-26-22(28-21(16)19)27-17-6-8-18(9-7-17)32(23,29)30/h2-8,10,13-14,18H,9,11-12H2,1H3,(H,24,25)(H2,23,29,30)(H,26,27,28). The Hall–Kier alpha value is -3.34. The van der Waals surface area contributed by atoms with Gasteiger partial charge < -0.3 is 15.4 Å². The Morgan fingerprint density at radius 1 is 1.19 bits per heavy atom. The summed E-state index contributed by atoms with van der Waals surface area (Å²) in [4.78, 5) is 13.6. The van der Waals surface area contributed by atoms with E-state index in [0.29, 0.717) is 25.5 Å². The molecule has 32 heavy (non-hydrogen) atoms. The van der Waals surface area contributed by atoms with E-state index in [9.17, 15) is 8.42 Å². The molecule has 4 rings (SSSR count). The number of nitrogens with zero attached hydrogens (tertiary/aromatic N) is 3. The van der Waals surface area contributed by atoms with Gasteiger partial charge in [0.05, 0.1) is 17.4 Å². The van der Waals surface area contributed by atoms with Crippen LogP contribution in [0.2, 0.25) is 0 Å². The highest BCUT2D eigenvalue weighted by atomic mass is 32.2. The molecule has 1 atom stereocenters. The van der Waals surface area contributed by atoms with E-state index in [-0.39, 0.29) is 0 Å². The molecule has 1 aliphatic rings. The summed E-state index contributed by atoms with van der Waals surface area (Å²) < 4.78 is 28.0. The summed E-state index contributed by atoms with van der Waals surface area (Å²) in [6.45, 7) is 1.29. The smallest absolute Gasteiger partial charge is 0.227 e. The lowest BCUT2D eigenvalue weighted by Gasteiger charge is -2.15. The number of ether oxygens (including phenoxy) is 1. The van der Waals surface area contributed by atoms with E-state index in [0.717, 1.165) is 33.5 Å². The van der Waals surface area contributed by atoms with E-state index in [1.54, 1.807) is 37.7 Å². The Kier molecular flexibility index (Phi) is 6.45. The average Bonchev–Trinajstić information content (AvgIpc) is 2.79. The molecule has 0 saturated carbocycles. The van der Waals surface area contributed by atoms with Crippen LogP contribution in [0.4, 0.5) is 11.8 Å². The first-order chi connectivity index (χ1) is 15.4. The molecule has 3 aromatic rings. The summed E-state index contributed by atoms with van der Waals surface area (Å²) in [6.07, 6.45) is 8.87. The lowest BCUT2D eigenvalue weighted by atomic mass is 10.0. The fraction of sp³-hybridized carbons (Fsp3) is 0.227. The van der Waals surface area contributed by atoms with Crippen LogP contribution in [0.15, 0.2) is 66.7 Å². The van der Waals surface area contributed by atoms with Gasteiger partial charge in [-0.05, 0) is 24.6 Å². The van der Waals surface area contributed by atoms with Crippen LogP contribution in [0, 0.1) is 0 Å². The second kappa shape index (κ2) is 9.43. The van der Waals surface area contributed by atoms with E-state index < -0.39 is 15.3 Å². The topological polar surface area (TPSA) is 132 Å². The molecule has 0 bridgehead atoms. The number of allylic oxidation sites excluding steroid dienone is 2. The van der Waals surface area contributed by atoms with E-state index in [4.69, 9.17) is 14.9 Å². The van der Waals surface area contributed by atoms with Crippen molar-refractivity contribution in [2.45, 2.75) is 11.7 Å². The molecule has 10 heteroatoms. The minimum atomic E-state index is -3.60. The van der Waals surface area contributed by atoms with Gasteiger partial charge in [0.15, 0.2) is 0 Å². The van der Waals surface area contributed by atoms with E-state index in [1.165, 1.54) is 0 Å². The first kappa shape index (κ1) is 21.9. The summed E-state index contributed by atoms with van der Waals surface area (Å²) >= 11 is 0. The number of methoxy groups -OCH3 is 1. The monoisotopic (exact) mass is 452 g/mol. The van der Waals surface area contributed by atoms with Gasteiger partial charge in [-0.1, -0.05) is 30.4 Å². The lowest BCUT2D eigenvalue weighted by Crippen LogP contribution is -2.27. The number of anilines is 2. The minimum absolute atomic E-state index is 0.299. The van der Waals surface area contributed by atoms with Crippen molar-refractivity contribution in [3.8, 4) is 11.1 Å². The minimum Gasteiger partial charge on any atom is -0.383 e. The first-order valence-corrected chi connectivity index (χ1v) is 11.7. The molecule has 2 aromatic heterocycles. The molecule has 0 fully saturated rings. The molecule has 0 aliphatic heterocycles. The number of nitrogens with one attached hydrogen (secondary N) is 2. The molecule has 0 saturated heterocycles. The predicted octanol–water partition coefficient (Wildman–Crippen LogP) is 2.66. The van der Waals surface area contributed by atoms with Gasteiger partial charge in [0.25, 0.3) is 0 Å². The molecule has 1 unspecified atom stereocenters. The molecular formula is C22H24N6O3S. The molecule has 0 spiro atoms. The maximum Gasteiger partial charge on any atom is 0.227 e. The van der Waals surface area contributed by atoms with Gasteiger partial charge in [0.2, 0.25) is 16.0 Å². The Morgan fingerprint density at radius 3 is 2.75 bits per heavy atom. The largest absolute Gasteiger partial charge is 0.383 e. The number of hydrogen-bond donors (Lipinski definition) is 3. The lowest BCUT2D eigenvalue weighted by molar-refractivity contribution is 0.210. The molecule has 2 heterocycles. The van der Waals surface area contributed by atoms with Crippen LogP contribution >= 0.6 is 0 Å². The summed E-state index contributed by atoms with van der Waals surface area (Å²) in [5.41, 5.74) is 3.38.